The lowest BCUT2D eigenvalue weighted by molar-refractivity contribution is 0.0429. The normalized spacial score (nSPS) is 13.7. The Morgan fingerprint density at radius 1 is 1.38 bits per heavy atom. The second-order valence-electron chi connectivity index (χ2n) is 6.86. The van der Waals surface area contributed by atoms with Gasteiger partial charge in [-0.05, 0) is 37.3 Å². The smallest absolute Gasteiger partial charge is 0.251 e. The number of rotatable bonds is 8. The maximum absolute atomic E-state index is 12.5. The van der Waals surface area contributed by atoms with Crippen LogP contribution < -0.4 is 5.32 Å². The fourth-order valence-electron chi connectivity index (χ4n) is 2.42. The lowest BCUT2D eigenvalue weighted by atomic mass is 9.95. The Morgan fingerprint density at radius 3 is 2.79 bits per heavy atom. The summed E-state index contributed by atoms with van der Waals surface area (Å²) in [5.74, 6) is 0.339. The van der Waals surface area contributed by atoms with Crippen LogP contribution in [-0.2, 0) is 6.54 Å². The van der Waals surface area contributed by atoms with Gasteiger partial charge in [0.25, 0.3) is 5.91 Å². The molecule has 1 amide bonds. The summed E-state index contributed by atoms with van der Waals surface area (Å²) in [6, 6.07) is 7.40. The fourth-order valence-corrected chi connectivity index (χ4v) is 2.42. The third-order valence-corrected chi connectivity index (χ3v) is 3.95. The van der Waals surface area contributed by atoms with Gasteiger partial charge >= 0.3 is 0 Å². The Bertz CT molecular complexity index is 651. The van der Waals surface area contributed by atoms with Crippen molar-refractivity contribution in [1.82, 2.24) is 20.1 Å². The van der Waals surface area contributed by atoms with Crippen molar-refractivity contribution < 1.29 is 9.90 Å². The molecule has 6 heteroatoms. The maximum atomic E-state index is 12.5. The number of carbonyl (C=O) groups is 1. The quantitative estimate of drug-likeness (QED) is 0.778. The highest BCUT2D eigenvalue weighted by Gasteiger charge is 2.22. The largest absolute Gasteiger partial charge is 0.388 e. The number of nitrogens with zero attached hydrogens (tertiary/aromatic N) is 3. The van der Waals surface area contributed by atoms with Crippen LogP contribution in [0.4, 0.5) is 0 Å². The molecule has 6 nitrogen and oxygen atoms in total. The zero-order chi connectivity index (χ0) is 17.6. The number of nitrogens with one attached hydrogen (secondary N) is 1. The maximum Gasteiger partial charge on any atom is 0.251 e. The zero-order valence-corrected chi connectivity index (χ0v) is 14.6. The summed E-state index contributed by atoms with van der Waals surface area (Å²) in [4.78, 5) is 16.4. The molecule has 1 heterocycles. The van der Waals surface area contributed by atoms with Crippen molar-refractivity contribution in [2.24, 2.45) is 5.92 Å². The molecule has 1 aromatic heterocycles. The molecule has 0 radical (unpaired) electrons. The molecule has 1 aromatic carbocycles. The van der Waals surface area contributed by atoms with Crippen molar-refractivity contribution in [2.75, 3.05) is 6.54 Å². The van der Waals surface area contributed by atoms with E-state index in [1.807, 2.05) is 18.2 Å². The van der Waals surface area contributed by atoms with Crippen molar-refractivity contribution in [3.05, 3.63) is 48.0 Å². The van der Waals surface area contributed by atoms with Crippen LogP contribution in [0, 0.1) is 5.92 Å². The van der Waals surface area contributed by atoms with Crippen molar-refractivity contribution in [2.45, 2.75) is 45.8 Å². The average molecular weight is 330 g/mol. The van der Waals surface area contributed by atoms with Crippen LogP contribution in [0.5, 0.6) is 0 Å². The first kappa shape index (κ1) is 18.1. The fraction of sp³-hybridized carbons (Fsp3) is 0.500. The number of amides is 1. The molecular weight excluding hydrogens is 304 g/mol. The second-order valence-corrected chi connectivity index (χ2v) is 6.86. The van der Waals surface area contributed by atoms with E-state index in [9.17, 15) is 9.90 Å². The summed E-state index contributed by atoms with van der Waals surface area (Å²) >= 11 is 0. The van der Waals surface area contributed by atoms with Crippen molar-refractivity contribution in [3.63, 3.8) is 0 Å². The minimum Gasteiger partial charge on any atom is -0.388 e. The predicted octanol–water partition coefficient (Wildman–Crippen LogP) is 2.24. The molecule has 1 atom stereocenters. The van der Waals surface area contributed by atoms with E-state index in [-0.39, 0.29) is 12.5 Å². The number of aromatic nitrogens is 3. The van der Waals surface area contributed by atoms with Crippen LogP contribution in [0.3, 0.4) is 0 Å². The van der Waals surface area contributed by atoms with E-state index in [0.717, 1.165) is 12.0 Å². The average Bonchev–Trinajstić information content (AvgIpc) is 3.04. The summed E-state index contributed by atoms with van der Waals surface area (Å²) in [5.41, 5.74) is 0.552. The van der Waals surface area contributed by atoms with Gasteiger partial charge in [-0.3, -0.25) is 4.79 Å². The lowest BCUT2D eigenvalue weighted by Crippen LogP contribution is -2.41. The second kappa shape index (κ2) is 8.06. The Morgan fingerprint density at radius 2 is 2.12 bits per heavy atom. The minimum atomic E-state index is -0.902. The topological polar surface area (TPSA) is 80.0 Å². The molecule has 0 aliphatic heterocycles. The molecule has 1 unspecified atom stereocenters. The Hall–Kier alpha value is -2.21. The van der Waals surface area contributed by atoms with E-state index in [0.29, 0.717) is 24.4 Å². The van der Waals surface area contributed by atoms with Crippen LogP contribution in [0.2, 0.25) is 0 Å². The van der Waals surface area contributed by atoms with E-state index in [1.165, 1.54) is 6.33 Å². The van der Waals surface area contributed by atoms with E-state index >= 15 is 0 Å². The third-order valence-electron chi connectivity index (χ3n) is 3.95. The number of benzene rings is 1. The summed E-state index contributed by atoms with van der Waals surface area (Å²) in [5, 5.41) is 17.3. The standard InChI is InChI=1S/C18H26N4O2/c1-14(2)8-9-18(3,24)11-20-17(23)16-7-5-4-6-15(16)10-22-13-19-12-21-22/h4-7,12-14,24H,8-11H2,1-3H3,(H,20,23). The first-order valence-corrected chi connectivity index (χ1v) is 8.28. The summed E-state index contributed by atoms with van der Waals surface area (Å²) < 4.78 is 1.67. The van der Waals surface area contributed by atoms with Crippen LogP contribution in [0.1, 0.15) is 49.5 Å². The molecule has 0 saturated heterocycles. The van der Waals surface area contributed by atoms with Crippen LogP contribution in [-0.4, -0.2) is 37.9 Å². The van der Waals surface area contributed by atoms with Crippen molar-refractivity contribution in [1.29, 1.82) is 0 Å². The molecular formula is C18H26N4O2. The molecule has 24 heavy (non-hydrogen) atoms. The van der Waals surface area contributed by atoms with E-state index in [4.69, 9.17) is 0 Å². The lowest BCUT2D eigenvalue weighted by Gasteiger charge is -2.24. The molecule has 130 valence electrons. The molecule has 0 saturated carbocycles. The molecule has 0 aliphatic carbocycles. The van der Waals surface area contributed by atoms with Gasteiger partial charge in [-0.1, -0.05) is 32.0 Å². The van der Waals surface area contributed by atoms with Gasteiger partial charge in [0.15, 0.2) is 0 Å². The molecule has 2 N–H and O–H groups in total. The van der Waals surface area contributed by atoms with Gasteiger partial charge < -0.3 is 10.4 Å². The van der Waals surface area contributed by atoms with Gasteiger partial charge in [-0.25, -0.2) is 9.67 Å². The van der Waals surface area contributed by atoms with E-state index in [1.54, 1.807) is 24.0 Å². The molecule has 0 spiro atoms. The number of hydrogen-bond acceptors (Lipinski definition) is 4. The summed E-state index contributed by atoms with van der Waals surface area (Å²) in [7, 11) is 0. The highest BCUT2D eigenvalue weighted by Crippen LogP contribution is 2.16. The Kier molecular flexibility index (Phi) is 6.09. The molecule has 0 aliphatic rings. The van der Waals surface area contributed by atoms with Crippen LogP contribution >= 0.6 is 0 Å². The SMILES string of the molecule is CC(C)CCC(C)(O)CNC(=O)c1ccccc1Cn1cncn1. The minimum absolute atomic E-state index is 0.185. The monoisotopic (exact) mass is 330 g/mol. The molecule has 2 rings (SSSR count). The van der Waals surface area contributed by atoms with Crippen molar-refractivity contribution >= 4 is 5.91 Å². The van der Waals surface area contributed by atoms with Gasteiger partial charge in [0.2, 0.25) is 0 Å². The van der Waals surface area contributed by atoms with E-state index < -0.39 is 5.60 Å². The number of aliphatic hydroxyl groups is 1. The van der Waals surface area contributed by atoms with Crippen LogP contribution in [0.25, 0.3) is 0 Å². The van der Waals surface area contributed by atoms with Gasteiger partial charge in [0.1, 0.15) is 12.7 Å². The molecule has 0 bridgehead atoms. The van der Waals surface area contributed by atoms with E-state index in [2.05, 4.69) is 29.2 Å². The van der Waals surface area contributed by atoms with Gasteiger partial charge in [0, 0.05) is 12.1 Å². The van der Waals surface area contributed by atoms with Crippen molar-refractivity contribution in [3.8, 4) is 0 Å². The first-order chi connectivity index (χ1) is 11.4. The highest BCUT2D eigenvalue weighted by atomic mass is 16.3. The van der Waals surface area contributed by atoms with Gasteiger partial charge in [-0.2, -0.15) is 5.10 Å². The summed E-state index contributed by atoms with van der Waals surface area (Å²) in [6.07, 6.45) is 4.66. The van der Waals surface area contributed by atoms with Crippen LogP contribution in [0.15, 0.2) is 36.9 Å². The zero-order valence-electron chi connectivity index (χ0n) is 14.6. The highest BCUT2D eigenvalue weighted by molar-refractivity contribution is 5.95. The first-order valence-electron chi connectivity index (χ1n) is 8.28. The molecule has 0 fully saturated rings. The Balaban J connectivity index is 1.99. The number of carbonyl (C=O) groups excluding carboxylic acids is 1. The predicted molar refractivity (Wildman–Crippen MR) is 92.6 cm³/mol. The van der Waals surface area contributed by atoms with Gasteiger partial charge in [-0.15, -0.1) is 0 Å². The third kappa shape index (κ3) is 5.45. The Labute approximate surface area is 142 Å². The number of hydrogen-bond donors (Lipinski definition) is 2. The van der Waals surface area contributed by atoms with Gasteiger partial charge in [0.05, 0.1) is 12.1 Å². The summed E-state index contributed by atoms with van der Waals surface area (Å²) in [6.45, 7) is 6.71. The molecule has 2 aromatic rings.